The molecule has 0 radical (unpaired) electrons. The molecule has 1 fully saturated rings. The van der Waals surface area contributed by atoms with Crippen molar-refractivity contribution >= 4 is 0 Å². The summed E-state index contributed by atoms with van der Waals surface area (Å²) in [5.74, 6) is 0.567. The van der Waals surface area contributed by atoms with E-state index in [0.717, 1.165) is 11.3 Å². The number of nitrogens with one attached hydrogen (secondary N) is 1. The lowest BCUT2D eigenvalue weighted by Gasteiger charge is -1.98. The molecule has 3 heteroatoms. The topological polar surface area (TPSA) is 45.8 Å². The van der Waals surface area contributed by atoms with Crippen molar-refractivity contribution in [3.05, 3.63) is 27.9 Å². The molecule has 1 N–H and O–H groups in total. The zero-order valence-electron chi connectivity index (χ0n) is 6.42. The molecule has 0 aromatic carbocycles. The zero-order chi connectivity index (χ0) is 7.84. The van der Waals surface area contributed by atoms with Crippen molar-refractivity contribution in [3.8, 4) is 0 Å². The predicted molar refractivity (Wildman–Crippen MR) is 41.6 cm³/mol. The minimum atomic E-state index is 0.00176. The summed E-state index contributed by atoms with van der Waals surface area (Å²) in [5.41, 5.74) is 1.78. The Bertz CT molecular complexity index is 325. The van der Waals surface area contributed by atoms with Crippen molar-refractivity contribution in [1.29, 1.82) is 0 Å². The van der Waals surface area contributed by atoms with E-state index in [9.17, 15) is 4.79 Å². The molecule has 0 unspecified atom stereocenters. The molecule has 1 aliphatic rings. The lowest BCUT2D eigenvalue weighted by Crippen LogP contribution is -2.12. The summed E-state index contributed by atoms with van der Waals surface area (Å²) in [6.45, 7) is 1.83. The Hall–Kier alpha value is -1.12. The first-order valence-electron chi connectivity index (χ1n) is 3.83. The number of aromatic nitrogens is 2. The van der Waals surface area contributed by atoms with E-state index in [2.05, 4.69) is 9.97 Å². The molecular weight excluding hydrogens is 140 g/mol. The molecule has 0 spiro atoms. The fourth-order valence-electron chi connectivity index (χ4n) is 1.25. The van der Waals surface area contributed by atoms with Crippen LogP contribution in [0.1, 0.15) is 30.0 Å². The van der Waals surface area contributed by atoms with Crippen LogP contribution in [0.15, 0.2) is 11.1 Å². The molecule has 11 heavy (non-hydrogen) atoms. The lowest BCUT2D eigenvalue weighted by molar-refractivity contribution is 0.937. The molecule has 1 aliphatic carbocycles. The van der Waals surface area contributed by atoms with Crippen LogP contribution in [0.4, 0.5) is 0 Å². The van der Waals surface area contributed by atoms with Gasteiger partial charge in [-0.3, -0.25) is 4.79 Å². The van der Waals surface area contributed by atoms with E-state index in [1.807, 2.05) is 6.92 Å². The molecule has 1 aromatic rings. The van der Waals surface area contributed by atoms with Crippen LogP contribution < -0.4 is 5.56 Å². The number of aromatic amines is 1. The maximum Gasteiger partial charge on any atom is 0.253 e. The van der Waals surface area contributed by atoms with Crippen LogP contribution in [-0.2, 0) is 0 Å². The van der Waals surface area contributed by atoms with Crippen LogP contribution >= 0.6 is 0 Å². The molecule has 1 saturated carbocycles. The highest BCUT2D eigenvalue weighted by molar-refractivity contribution is 5.22. The third kappa shape index (κ3) is 1.06. The summed E-state index contributed by atoms with van der Waals surface area (Å²) in [4.78, 5) is 17.8. The Morgan fingerprint density at radius 1 is 1.64 bits per heavy atom. The van der Waals surface area contributed by atoms with Crippen molar-refractivity contribution in [2.24, 2.45) is 0 Å². The Labute approximate surface area is 64.5 Å². The maximum atomic E-state index is 11.1. The summed E-state index contributed by atoms with van der Waals surface area (Å²) in [5, 5.41) is 0. The smallest absolute Gasteiger partial charge is 0.253 e. The second kappa shape index (κ2) is 2.19. The van der Waals surface area contributed by atoms with Gasteiger partial charge in [-0.2, -0.15) is 0 Å². The summed E-state index contributed by atoms with van der Waals surface area (Å²) in [7, 11) is 0. The van der Waals surface area contributed by atoms with E-state index in [4.69, 9.17) is 0 Å². The first-order valence-corrected chi connectivity index (χ1v) is 3.83. The van der Waals surface area contributed by atoms with Gasteiger partial charge in [-0.05, 0) is 19.8 Å². The highest BCUT2D eigenvalue weighted by Gasteiger charge is 2.27. The summed E-state index contributed by atoms with van der Waals surface area (Å²) >= 11 is 0. The van der Waals surface area contributed by atoms with E-state index in [1.165, 1.54) is 19.2 Å². The van der Waals surface area contributed by atoms with E-state index in [0.29, 0.717) is 5.92 Å². The van der Waals surface area contributed by atoms with Crippen LogP contribution in [0.5, 0.6) is 0 Å². The lowest BCUT2D eigenvalue weighted by atomic mass is 10.2. The SMILES string of the molecule is Cc1c(C2CC2)nc[nH]c1=O. The van der Waals surface area contributed by atoms with Crippen molar-refractivity contribution in [2.45, 2.75) is 25.7 Å². The highest BCUT2D eigenvalue weighted by atomic mass is 16.1. The quantitative estimate of drug-likeness (QED) is 0.648. The third-order valence-electron chi connectivity index (χ3n) is 2.09. The van der Waals surface area contributed by atoms with Gasteiger partial charge >= 0.3 is 0 Å². The number of H-pyrrole nitrogens is 1. The zero-order valence-corrected chi connectivity index (χ0v) is 6.42. The second-order valence-corrected chi connectivity index (χ2v) is 3.02. The van der Waals surface area contributed by atoms with Gasteiger partial charge in [0, 0.05) is 11.5 Å². The predicted octanol–water partition coefficient (Wildman–Crippen LogP) is 0.956. The molecule has 0 saturated heterocycles. The van der Waals surface area contributed by atoms with Gasteiger partial charge in [0.15, 0.2) is 0 Å². The minimum Gasteiger partial charge on any atom is -0.313 e. The number of nitrogens with zero attached hydrogens (tertiary/aromatic N) is 1. The van der Waals surface area contributed by atoms with Gasteiger partial charge in [-0.1, -0.05) is 0 Å². The normalized spacial score (nSPS) is 16.8. The van der Waals surface area contributed by atoms with E-state index in [-0.39, 0.29) is 5.56 Å². The van der Waals surface area contributed by atoms with Gasteiger partial charge < -0.3 is 4.98 Å². The Kier molecular flexibility index (Phi) is 1.31. The fourth-order valence-corrected chi connectivity index (χ4v) is 1.25. The molecule has 1 aromatic heterocycles. The molecule has 58 valence electrons. The molecule has 3 nitrogen and oxygen atoms in total. The number of rotatable bonds is 1. The molecule has 0 atom stereocenters. The molecule has 2 rings (SSSR count). The monoisotopic (exact) mass is 150 g/mol. The van der Waals surface area contributed by atoms with Crippen LogP contribution in [-0.4, -0.2) is 9.97 Å². The van der Waals surface area contributed by atoms with Crippen LogP contribution in [0, 0.1) is 6.92 Å². The van der Waals surface area contributed by atoms with Crippen molar-refractivity contribution < 1.29 is 0 Å². The van der Waals surface area contributed by atoms with Gasteiger partial charge in [0.2, 0.25) is 0 Å². The summed E-state index contributed by atoms with van der Waals surface area (Å²) in [6.07, 6.45) is 3.87. The number of hydrogen-bond acceptors (Lipinski definition) is 2. The van der Waals surface area contributed by atoms with E-state index >= 15 is 0 Å². The fraction of sp³-hybridized carbons (Fsp3) is 0.500. The van der Waals surface area contributed by atoms with Gasteiger partial charge in [0.1, 0.15) is 0 Å². The average molecular weight is 150 g/mol. The molecule has 1 heterocycles. The van der Waals surface area contributed by atoms with E-state index < -0.39 is 0 Å². The first-order chi connectivity index (χ1) is 5.29. The number of hydrogen-bond donors (Lipinski definition) is 1. The second-order valence-electron chi connectivity index (χ2n) is 3.02. The Morgan fingerprint density at radius 2 is 2.36 bits per heavy atom. The van der Waals surface area contributed by atoms with Crippen LogP contribution in [0.25, 0.3) is 0 Å². The molecular formula is C8H10N2O. The Morgan fingerprint density at radius 3 is 3.00 bits per heavy atom. The highest BCUT2D eigenvalue weighted by Crippen LogP contribution is 2.39. The molecule has 0 bridgehead atoms. The summed E-state index contributed by atoms with van der Waals surface area (Å²) in [6, 6.07) is 0. The summed E-state index contributed by atoms with van der Waals surface area (Å²) < 4.78 is 0. The standard InChI is InChI=1S/C8H10N2O/c1-5-7(6-2-3-6)9-4-10-8(5)11/h4,6H,2-3H2,1H3,(H,9,10,11). The van der Waals surface area contributed by atoms with Crippen molar-refractivity contribution in [3.63, 3.8) is 0 Å². The van der Waals surface area contributed by atoms with Gasteiger partial charge in [0.25, 0.3) is 5.56 Å². The minimum absolute atomic E-state index is 0.00176. The third-order valence-corrected chi connectivity index (χ3v) is 2.09. The van der Waals surface area contributed by atoms with Crippen LogP contribution in [0.2, 0.25) is 0 Å². The van der Waals surface area contributed by atoms with Gasteiger partial charge in [-0.25, -0.2) is 4.98 Å². The van der Waals surface area contributed by atoms with Gasteiger partial charge in [-0.15, -0.1) is 0 Å². The van der Waals surface area contributed by atoms with Crippen LogP contribution in [0.3, 0.4) is 0 Å². The van der Waals surface area contributed by atoms with Crippen molar-refractivity contribution in [2.75, 3.05) is 0 Å². The van der Waals surface area contributed by atoms with Gasteiger partial charge in [0.05, 0.1) is 12.0 Å². The average Bonchev–Trinajstić information content (AvgIpc) is 2.77. The maximum absolute atomic E-state index is 11.1. The van der Waals surface area contributed by atoms with Crippen molar-refractivity contribution in [1.82, 2.24) is 9.97 Å². The molecule has 0 amide bonds. The Balaban J connectivity index is 2.54. The first kappa shape index (κ1) is 6.58. The van der Waals surface area contributed by atoms with E-state index in [1.54, 1.807) is 0 Å². The molecule has 0 aliphatic heterocycles. The largest absolute Gasteiger partial charge is 0.313 e.